The summed E-state index contributed by atoms with van der Waals surface area (Å²) in [6.45, 7) is 2.44. The number of hydrogen-bond donors (Lipinski definition) is 1. The minimum absolute atomic E-state index is 0.324. The lowest BCUT2D eigenvalue weighted by Gasteiger charge is -2.52. The Kier molecular flexibility index (Phi) is 5.39. The second-order valence-corrected chi connectivity index (χ2v) is 7.97. The van der Waals surface area contributed by atoms with E-state index in [0.717, 1.165) is 51.9 Å². The van der Waals surface area contributed by atoms with Crippen LogP contribution in [0.25, 0.3) is 0 Å². The van der Waals surface area contributed by atoms with Crippen LogP contribution in [-0.4, -0.2) is 40.9 Å². The number of fused-ring (bicyclic) bond motifs is 2. The van der Waals surface area contributed by atoms with Crippen LogP contribution in [0.15, 0.2) is 60.7 Å². The minimum Gasteiger partial charge on any atom is -0.390 e. The van der Waals surface area contributed by atoms with Crippen molar-refractivity contribution in [3.63, 3.8) is 0 Å². The first kappa shape index (κ1) is 17.7. The smallest absolute Gasteiger partial charge is 0.0679 e. The van der Waals surface area contributed by atoms with Crippen molar-refractivity contribution in [3.8, 4) is 0 Å². The zero-order valence-corrected chi connectivity index (χ0v) is 15.4. The Labute approximate surface area is 156 Å². The van der Waals surface area contributed by atoms with Gasteiger partial charge in [-0.1, -0.05) is 60.7 Å². The van der Waals surface area contributed by atoms with Crippen LogP contribution < -0.4 is 0 Å². The molecule has 26 heavy (non-hydrogen) atoms. The van der Waals surface area contributed by atoms with E-state index in [1.54, 1.807) is 0 Å². The molecule has 4 rings (SSSR count). The normalized spacial score (nSPS) is 28.8. The first-order valence-electron chi connectivity index (χ1n) is 9.86. The van der Waals surface area contributed by atoms with Crippen molar-refractivity contribution in [3.05, 3.63) is 71.8 Å². The summed E-state index contributed by atoms with van der Waals surface area (Å²) < 4.78 is 5.82. The molecule has 2 aromatic carbocycles. The summed E-state index contributed by atoms with van der Waals surface area (Å²) in [6.07, 6.45) is 4.62. The van der Waals surface area contributed by atoms with Crippen molar-refractivity contribution in [2.45, 2.75) is 56.3 Å². The number of hydrogen-bond acceptors (Lipinski definition) is 3. The molecule has 2 heterocycles. The maximum absolute atomic E-state index is 11.3. The highest BCUT2D eigenvalue weighted by Crippen LogP contribution is 2.38. The van der Waals surface area contributed by atoms with Crippen LogP contribution in [0, 0.1) is 0 Å². The fraction of sp³-hybridized carbons (Fsp3) is 0.478. The Morgan fingerprint density at radius 2 is 1.46 bits per heavy atom. The van der Waals surface area contributed by atoms with Crippen LogP contribution >= 0.6 is 0 Å². The predicted octanol–water partition coefficient (Wildman–Crippen LogP) is 3.80. The molecule has 3 nitrogen and oxygen atoms in total. The van der Waals surface area contributed by atoms with Crippen LogP contribution in [0.3, 0.4) is 0 Å². The summed E-state index contributed by atoms with van der Waals surface area (Å²) in [7, 11) is 0. The third-order valence-electron chi connectivity index (χ3n) is 5.95. The van der Waals surface area contributed by atoms with Crippen LogP contribution in [0.2, 0.25) is 0 Å². The summed E-state index contributed by atoms with van der Waals surface area (Å²) in [5, 5.41) is 11.3. The number of aliphatic hydroxyl groups is 1. The number of morpholine rings is 1. The molecule has 2 saturated heterocycles. The number of rotatable bonds is 6. The van der Waals surface area contributed by atoms with E-state index in [0.29, 0.717) is 12.1 Å². The highest BCUT2D eigenvalue weighted by molar-refractivity contribution is 5.16. The molecule has 0 aromatic heterocycles. The number of piperidine rings is 1. The molecule has 2 fully saturated rings. The van der Waals surface area contributed by atoms with Gasteiger partial charge in [0.15, 0.2) is 0 Å². The predicted molar refractivity (Wildman–Crippen MR) is 104 cm³/mol. The van der Waals surface area contributed by atoms with Gasteiger partial charge in [-0.25, -0.2) is 0 Å². The van der Waals surface area contributed by atoms with Crippen molar-refractivity contribution >= 4 is 0 Å². The van der Waals surface area contributed by atoms with Gasteiger partial charge in [0.05, 0.1) is 18.8 Å². The fourth-order valence-corrected chi connectivity index (χ4v) is 4.67. The van der Waals surface area contributed by atoms with Gasteiger partial charge >= 0.3 is 0 Å². The summed E-state index contributed by atoms with van der Waals surface area (Å²) in [4.78, 5) is 2.56. The zero-order valence-electron chi connectivity index (χ0n) is 15.4. The molecule has 0 amide bonds. The maximum Gasteiger partial charge on any atom is 0.0679 e. The van der Waals surface area contributed by atoms with E-state index in [2.05, 4.69) is 65.6 Å². The Bertz CT molecular complexity index is 674. The highest BCUT2D eigenvalue weighted by Gasteiger charge is 2.45. The number of nitrogens with zero attached hydrogens (tertiary/aromatic N) is 1. The highest BCUT2D eigenvalue weighted by atomic mass is 16.5. The van der Waals surface area contributed by atoms with E-state index < -0.39 is 5.60 Å². The lowest BCUT2D eigenvalue weighted by molar-refractivity contribution is -0.148. The molecule has 3 heteroatoms. The SMILES string of the molecule is OC1(CCCc2ccccc2)CC2COCC(C1)N2Cc1ccccc1. The van der Waals surface area contributed by atoms with Crippen molar-refractivity contribution < 1.29 is 9.84 Å². The maximum atomic E-state index is 11.3. The standard InChI is InChI=1S/C23H29NO2/c25-23(13-7-12-19-8-3-1-4-9-19)14-21-17-26-18-22(15-23)24(21)16-20-10-5-2-6-11-20/h1-6,8-11,21-22,25H,7,12-18H2. The van der Waals surface area contributed by atoms with Gasteiger partial charge in [0.2, 0.25) is 0 Å². The topological polar surface area (TPSA) is 32.7 Å². The van der Waals surface area contributed by atoms with Crippen molar-refractivity contribution in [1.82, 2.24) is 4.90 Å². The Balaban J connectivity index is 1.37. The van der Waals surface area contributed by atoms with E-state index in [1.165, 1.54) is 11.1 Å². The molecular formula is C23H29NO2. The monoisotopic (exact) mass is 351 g/mol. The molecule has 0 spiro atoms. The number of ether oxygens (including phenoxy) is 1. The summed E-state index contributed by atoms with van der Waals surface area (Å²) in [6, 6.07) is 21.9. The van der Waals surface area contributed by atoms with E-state index in [-0.39, 0.29) is 0 Å². The molecule has 2 atom stereocenters. The van der Waals surface area contributed by atoms with Crippen molar-refractivity contribution in [1.29, 1.82) is 0 Å². The summed E-state index contributed by atoms with van der Waals surface area (Å²) in [5.74, 6) is 0. The molecule has 0 radical (unpaired) electrons. The van der Waals surface area contributed by atoms with Crippen LogP contribution in [0.5, 0.6) is 0 Å². The van der Waals surface area contributed by atoms with E-state index in [4.69, 9.17) is 4.74 Å². The van der Waals surface area contributed by atoms with Gasteiger partial charge in [0, 0.05) is 18.6 Å². The lowest BCUT2D eigenvalue weighted by atomic mass is 9.78. The molecule has 138 valence electrons. The lowest BCUT2D eigenvalue weighted by Crippen LogP contribution is -2.61. The molecule has 2 unspecified atom stereocenters. The van der Waals surface area contributed by atoms with Gasteiger partial charge in [0.25, 0.3) is 0 Å². The third kappa shape index (κ3) is 4.17. The molecule has 2 aliphatic rings. The Morgan fingerprint density at radius 1 is 0.885 bits per heavy atom. The summed E-state index contributed by atoms with van der Waals surface area (Å²) in [5.41, 5.74) is 2.17. The van der Waals surface area contributed by atoms with Crippen LogP contribution in [0.4, 0.5) is 0 Å². The van der Waals surface area contributed by atoms with Crippen LogP contribution in [0.1, 0.15) is 36.8 Å². The second kappa shape index (κ2) is 7.91. The largest absolute Gasteiger partial charge is 0.390 e. The van der Waals surface area contributed by atoms with Gasteiger partial charge in [-0.2, -0.15) is 0 Å². The molecule has 2 bridgehead atoms. The average Bonchev–Trinajstić information content (AvgIpc) is 2.64. The quantitative estimate of drug-likeness (QED) is 0.859. The average molecular weight is 351 g/mol. The summed E-state index contributed by atoms with van der Waals surface area (Å²) >= 11 is 0. The van der Waals surface area contributed by atoms with Crippen molar-refractivity contribution in [2.24, 2.45) is 0 Å². The molecule has 2 aromatic rings. The number of benzene rings is 2. The molecular weight excluding hydrogens is 322 g/mol. The van der Waals surface area contributed by atoms with Gasteiger partial charge in [-0.3, -0.25) is 4.90 Å². The zero-order chi connectivity index (χ0) is 17.8. The number of aryl methyl sites for hydroxylation is 1. The fourth-order valence-electron chi connectivity index (χ4n) is 4.67. The second-order valence-electron chi connectivity index (χ2n) is 7.97. The van der Waals surface area contributed by atoms with Gasteiger partial charge < -0.3 is 9.84 Å². The Morgan fingerprint density at radius 3 is 2.08 bits per heavy atom. The van der Waals surface area contributed by atoms with Gasteiger partial charge in [-0.05, 0) is 43.2 Å². The van der Waals surface area contributed by atoms with E-state index >= 15 is 0 Å². The third-order valence-corrected chi connectivity index (χ3v) is 5.95. The molecule has 2 aliphatic heterocycles. The first-order chi connectivity index (χ1) is 12.7. The van der Waals surface area contributed by atoms with E-state index in [1.807, 2.05) is 0 Å². The van der Waals surface area contributed by atoms with Gasteiger partial charge in [0.1, 0.15) is 0 Å². The van der Waals surface area contributed by atoms with Crippen LogP contribution in [-0.2, 0) is 17.7 Å². The molecule has 0 aliphatic carbocycles. The first-order valence-corrected chi connectivity index (χ1v) is 9.86. The molecule has 0 saturated carbocycles. The minimum atomic E-state index is -0.541. The Hall–Kier alpha value is -1.68. The van der Waals surface area contributed by atoms with E-state index in [9.17, 15) is 5.11 Å². The molecule has 1 N–H and O–H groups in total. The van der Waals surface area contributed by atoms with Crippen molar-refractivity contribution in [2.75, 3.05) is 13.2 Å². The van der Waals surface area contributed by atoms with Gasteiger partial charge in [-0.15, -0.1) is 0 Å².